The molecule has 20 heavy (non-hydrogen) atoms. The molecule has 1 aromatic rings. The van der Waals surface area contributed by atoms with Crippen LogP contribution in [-0.2, 0) is 17.6 Å². The first-order valence-corrected chi connectivity index (χ1v) is 7.58. The van der Waals surface area contributed by atoms with Crippen LogP contribution in [-0.4, -0.2) is 13.2 Å². The van der Waals surface area contributed by atoms with E-state index in [1.807, 2.05) is 0 Å². The third-order valence-electron chi connectivity index (χ3n) is 4.00. The van der Waals surface area contributed by atoms with Crippen LogP contribution in [0.15, 0.2) is 0 Å². The number of nitrogens with one attached hydrogen (secondary N) is 1. The number of anilines is 1. The van der Waals surface area contributed by atoms with E-state index in [2.05, 4.69) is 36.9 Å². The summed E-state index contributed by atoms with van der Waals surface area (Å²) >= 11 is 1.52. The SMILES string of the molecule is COC(=O)Nc1sc2c(c1C#N)CC[C@H](C(C)(C)C)C2. The zero-order chi connectivity index (χ0) is 14.9. The number of fused-ring (bicyclic) bond motifs is 1. The zero-order valence-corrected chi connectivity index (χ0v) is 13.2. The minimum absolute atomic E-state index is 0.268. The number of amides is 1. The predicted octanol–water partition coefficient (Wildman–Crippen LogP) is 3.95. The molecule has 1 amide bonds. The third kappa shape index (κ3) is 2.80. The van der Waals surface area contributed by atoms with Gasteiger partial charge in [-0.3, -0.25) is 5.32 Å². The molecular formula is C15H20N2O2S. The molecule has 0 saturated heterocycles. The van der Waals surface area contributed by atoms with Crippen LogP contribution >= 0.6 is 11.3 Å². The van der Waals surface area contributed by atoms with Crippen molar-refractivity contribution in [1.82, 2.24) is 0 Å². The number of methoxy groups -OCH3 is 1. The van der Waals surface area contributed by atoms with Crippen LogP contribution in [0.4, 0.5) is 9.80 Å². The molecule has 0 aliphatic heterocycles. The molecule has 1 heterocycles. The Morgan fingerprint density at radius 3 is 2.75 bits per heavy atom. The lowest BCUT2D eigenvalue weighted by Crippen LogP contribution is -2.26. The highest BCUT2D eigenvalue weighted by Gasteiger charge is 2.32. The molecule has 1 aliphatic carbocycles. The molecule has 5 heteroatoms. The van der Waals surface area contributed by atoms with Crippen molar-refractivity contribution in [2.24, 2.45) is 11.3 Å². The second-order valence-electron chi connectivity index (χ2n) is 6.24. The number of carbonyl (C=O) groups is 1. The number of hydrogen-bond donors (Lipinski definition) is 1. The summed E-state index contributed by atoms with van der Waals surface area (Å²) < 4.78 is 4.61. The summed E-state index contributed by atoms with van der Waals surface area (Å²) in [6.45, 7) is 6.78. The molecule has 0 spiro atoms. The van der Waals surface area contributed by atoms with Gasteiger partial charge >= 0.3 is 6.09 Å². The number of ether oxygens (including phenoxy) is 1. The maximum absolute atomic E-state index is 11.3. The summed E-state index contributed by atoms with van der Waals surface area (Å²) in [4.78, 5) is 12.6. The van der Waals surface area contributed by atoms with E-state index < -0.39 is 6.09 Å². The van der Waals surface area contributed by atoms with Gasteiger partial charge in [-0.25, -0.2) is 4.79 Å². The maximum Gasteiger partial charge on any atom is 0.411 e. The molecule has 1 N–H and O–H groups in total. The predicted molar refractivity (Wildman–Crippen MR) is 80.0 cm³/mol. The average Bonchev–Trinajstić information content (AvgIpc) is 2.73. The Labute approximate surface area is 123 Å². The maximum atomic E-state index is 11.3. The minimum Gasteiger partial charge on any atom is -0.453 e. The topological polar surface area (TPSA) is 62.1 Å². The number of carbonyl (C=O) groups excluding carboxylic acids is 1. The Hall–Kier alpha value is -1.54. The smallest absolute Gasteiger partial charge is 0.411 e. The molecule has 4 nitrogen and oxygen atoms in total. The van der Waals surface area contributed by atoms with Gasteiger partial charge in [0.05, 0.1) is 12.7 Å². The second-order valence-corrected chi connectivity index (χ2v) is 7.35. The van der Waals surface area contributed by atoms with Crippen molar-refractivity contribution >= 4 is 22.4 Å². The molecule has 0 fully saturated rings. The number of hydrogen-bond acceptors (Lipinski definition) is 4. The molecular weight excluding hydrogens is 272 g/mol. The van der Waals surface area contributed by atoms with E-state index in [0.717, 1.165) is 24.8 Å². The molecule has 0 saturated carbocycles. The Morgan fingerprint density at radius 1 is 1.50 bits per heavy atom. The van der Waals surface area contributed by atoms with Crippen LogP contribution in [0.1, 0.15) is 43.2 Å². The summed E-state index contributed by atoms with van der Waals surface area (Å²) in [5.74, 6) is 0.617. The van der Waals surface area contributed by atoms with Gasteiger partial charge < -0.3 is 4.74 Å². The molecule has 1 aromatic heterocycles. The van der Waals surface area contributed by atoms with E-state index in [9.17, 15) is 10.1 Å². The van der Waals surface area contributed by atoms with Crippen molar-refractivity contribution in [2.75, 3.05) is 12.4 Å². The molecule has 0 radical (unpaired) electrons. The largest absolute Gasteiger partial charge is 0.453 e. The first-order valence-electron chi connectivity index (χ1n) is 6.76. The van der Waals surface area contributed by atoms with Crippen molar-refractivity contribution in [1.29, 1.82) is 5.26 Å². The second kappa shape index (κ2) is 5.45. The van der Waals surface area contributed by atoms with Crippen LogP contribution in [0.3, 0.4) is 0 Å². The van der Waals surface area contributed by atoms with Gasteiger partial charge in [0.2, 0.25) is 0 Å². The molecule has 2 rings (SSSR count). The van der Waals surface area contributed by atoms with Gasteiger partial charge in [-0.15, -0.1) is 11.3 Å². The molecule has 0 bridgehead atoms. The van der Waals surface area contributed by atoms with Gasteiger partial charge in [-0.1, -0.05) is 20.8 Å². The molecule has 0 unspecified atom stereocenters. The van der Waals surface area contributed by atoms with Gasteiger partial charge in [-0.05, 0) is 36.2 Å². The lowest BCUT2D eigenvalue weighted by Gasteiger charge is -2.33. The Bertz CT molecular complexity index is 564. The van der Waals surface area contributed by atoms with Crippen molar-refractivity contribution in [2.45, 2.75) is 40.0 Å². The fourth-order valence-electron chi connectivity index (χ4n) is 2.68. The highest BCUT2D eigenvalue weighted by Crippen LogP contribution is 2.43. The molecule has 0 aromatic carbocycles. The fraction of sp³-hybridized carbons (Fsp3) is 0.600. The van der Waals surface area contributed by atoms with Gasteiger partial charge in [0.1, 0.15) is 11.1 Å². The van der Waals surface area contributed by atoms with Gasteiger partial charge in [0, 0.05) is 4.88 Å². The lowest BCUT2D eigenvalue weighted by atomic mass is 9.72. The summed E-state index contributed by atoms with van der Waals surface area (Å²) in [6, 6.07) is 2.23. The summed E-state index contributed by atoms with van der Waals surface area (Å²) in [5, 5.41) is 12.6. The quantitative estimate of drug-likeness (QED) is 0.852. The first-order chi connectivity index (χ1) is 9.36. The number of nitriles is 1. The van der Waals surface area contributed by atoms with Gasteiger partial charge in [0.25, 0.3) is 0 Å². The Balaban J connectivity index is 2.31. The number of thiophene rings is 1. The summed E-state index contributed by atoms with van der Waals surface area (Å²) in [6.07, 6.45) is 2.48. The van der Waals surface area contributed by atoms with Crippen LogP contribution in [0.2, 0.25) is 0 Å². The van der Waals surface area contributed by atoms with Crippen molar-refractivity contribution in [3.63, 3.8) is 0 Å². The van der Waals surface area contributed by atoms with E-state index in [4.69, 9.17) is 0 Å². The van der Waals surface area contributed by atoms with E-state index in [1.165, 1.54) is 23.3 Å². The average molecular weight is 292 g/mol. The van der Waals surface area contributed by atoms with E-state index in [1.54, 1.807) is 0 Å². The molecule has 1 aliphatic rings. The fourth-order valence-corrected chi connectivity index (χ4v) is 3.94. The summed E-state index contributed by atoms with van der Waals surface area (Å²) in [7, 11) is 1.32. The summed E-state index contributed by atoms with van der Waals surface area (Å²) in [5.41, 5.74) is 2.00. The third-order valence-corrected chi connectivity index (χ3v) is 5.17. The zero-order valence-electron chi connectivity index (χ0n) is 12.4. The van der Waals surface area contributed by atoms with E-state index in [-0.39, 0.29) is 5.41 Å². The van der Waals surface area contributed by atoms with E-state index >= 15 is 0 Å². The molecule has 108 valence electrons. The highest BCUT2D eigenvalue weighted by atomic mass is 32.1. The normalized spacial score (nSPS) is 18.1. The van der Waals surface area contributed by atoms with Crippen LogP contribution in [0, 0.1) is 22.7 Å². The van der Waals surface area contributed by atoms with E-state index in [0.29, 0.717) is 16.5 Å². The lowest BCUT2D eigenvalue weighted by molar-refractivity contribution is 0.187. The van der Waals surface area contributed by atoms with Crippen molar-refractivity contribution in [3.8, 4) is 6.07 Å². The van der Waals surface area contributed by atoms with Crippen molar-refractivity contribution < 1.29 is 9.53 Å². The number of nitrogens with zero attached hydrogens (tertiary/aromatic N) is 1. The van der Waals surface area contributed by atoms with Crippen LogP contribution in [0.25, 0.3) is 0 Å². The van der Waals surface area contributed by atoms with Gasteiger partial charge in [-0.2, -0.15) is 5.26 Å². The number of rotatable bonds is 1. The Kier molecular flexibility index (Phi) is 4.05. The highest BCUT2D eigenvalue weighted by molar-refractivity contribution is 7.16. The van der Waals surface area contributed by atoms with Gasteiger partial charge in [0.15, 0.2) is 0 Å². The molecule has 1 atom stereocenters. The van der Waals surface area contributed by atoms with Crippen LogP contribution in [0.5, 0.6) is 0 Å². The van der Waals surface area contributed by atoms with Crippen molar-refractivity contribution in [3.05, 3.63) is 16.0 Å². The first kappa shape index (κ1) is 14.9. The standard InChI is InChI=1S/C15H20N2O2S/c1-15(2,3)9-5-6-10-11(8-16)13(17-14(18)19-4)20-12(10)7-9/h9H,5-7H2,1-4H3,(H,17,18)/t9-/m0/s1. The monoisotopic (exact) mass is 292 g/mol. The minimum atomic E-state index is -0.521. The Morgan fingerprint density at radius 2 is 2.20 bits per heavy atom. The van der Waals surface area contributed by atoms with Crippen LogP contribution < -0.4 is 5.32 Å².